The maximum atomic E-state index is 13.4. The number of carbonyl (C=O) groups is 5. The molecule has 3 aromatic heterocycles. The second kappa shape index (κ2) is 14.3. The number of likely N-dealkylation sites (tertiary alicyclic amines) is 1. The van der Waals surface area contributed by atoms with Crippen LogP contribution in [0.3, 0.4) is 0 Å². The summed E-state index contributed by atoms with van der Waals surface area (Å²) in [5, 5.41) is 4.54. The molecule has 13 nitrogen and oxygen atoms in total. The van der Waals surface area contributed by atoms with Gasteiger partial charge in [0.25, 0.3) is 11.8 Å². The molecule has 5 aromatic rings. The fourth-order valence-corrected chi connectivity index (χ4v) is 10.4. The fourth-order valence-electron chi connectivity index (χ4n) is 10.4. The van der Waals surface area contributed by atoms with Crippen LogP contribution in [0.5, 0.6) is 11.6 Å². The van der Waals surface area contributed by atoms with Gasteiger partial charge in [0, 0.05) is 60.0 Å². The largest absolute Gasteiger partial charge is 0.494 e. The molecule has 3 aliphatic carbocycles. The zero-order chi connectivity index (χ0) is 40.5. The lowest BCUT2D eigenvalue weighted by molar-refractivity contribution is -0.224. The highest BCUT2D eigenvalue weighted by atomic mass is 16.5. The number of ether oxygens (including phenoxy) is 2. The predicted octanol–water partition coefficient (Wildman–Crippen LogP) is 6.37. The molecule has 1 unspecified atom stereocenters. The first-order valence-electron chi connectivity index (χ1n) is 20.8. The number of unbranched alkanes of at least 4 members (excludes halogenated alkanes) is 4. The summed E-state index contributed by atoms with van der Waals surface area (Å²) in [6, 6.07) is 16.3. The van der Waals surface area contributed by atoms with Gasteiger partial charge in [-0.15, -0.1) is 0 Å². The summed E-state index contributed by atoms with van der Waals surface area (Å²) in [6.45, 7) is 1.72. The molecule has 302 valence electrons. The van der Waals surface area contributed by atoms with Crippen LogP contribution in [0.2, 0.25) is 0 Å². The quantitative estimate of drug-likeness (QED) is 0.0999. The molecule has 13 heteroatoms. The van der Waals surface area contributed by atoms with E-state index in [-0.39, 0.29) is 35.5 Å². The number of hydrogen-bond acceptors (Lipinski definition) is 9. The first-order chi connectivity index (χ1) is 28.6. The van der Waals surface area contributed by atoms with E-state index in [9.17, 15) is 24.0 Å². The van der Waals surface area contributed by atoms with Crippen molar-refractivity contribution in [3.8, 4) is 22.8 Å². The van der Waals surface area contributed by atoms with E-state index in [1.807, 2.05) is 41.7 Å². The molecule has 2 bridgehead atoms. The van der Waals surface area contributed by atoms with E-state index in [4.69, 9.17) is 9.47 Å². The zero-order valence-electron chi connectivity index (χ0n) is 33.1. The first kappa shape index (κ1) is 37.2. The molecule has 59 heavy (non-hydrogen) atoms. The number of piperidine rings is 1. The third-order valence-electron chi connectivity index (χ3n) is 13.4. The summed E-state index contributed by atoms with van der Waals surface area (Å²) in [7, 11) is 2.08. The summed E-state index contributed by atoms with van der Waals surface area (Å²) in [6.07, 6.45) is 15.3. The number of nitrogens with one attached hydrogen (secondary N) is 1. The standard InChI is InChI=1S/C46H46N6O7/c1-50-36-15-17-47-22-35(36)32-10-7-28(19-38(32)50)29-8-14-40(48-21-29)59-31-23-51(24-31)44(57)46-25-45(26-46,27-46)16-5-3-2-4-6-18-58-30-9-11-33-34(20-30)43(56)52(42(33)55)37-12-13-39(53)49-41(37)54/h7-11,14-15,17,19-22,31,37H,2-6,12-13,16,18,23-27H2,1H3,(H,49,53,54). The highest BCUT2D eigenvalue weighted by Crippen LogP contribution is 2.75. The van der Waals surface area contributed by atoms with Crippen LogP contribution in [0.4, 0.5) is 0 Å². The Bertz CT molecular complexity index is 2540. The number of aryl methyl sites for hydroxylation is 1. The van der Waals surface area contributed by atoms with Crippen molar-refractivity contribution in [3.05, 3.63) is 84.3 Å². The van der Waals surface area contributed by atoms with Crippen LogP contribution >= 0.6 is 0 Å². The molecule has 0 radical (unpaired) electrons. The Hall–Kier alpha value is -6.11. The van der Waals surface area contributed by atoms with Crippen molar-refractivity contribution in [2.45, 2.75) is 82.8 Å². The normalized spacial score (nSPS) is 23.5. The maximum absolute atomic E-state index is 13.4. The fraction of sp³-hybridized carbons (Fsp3) is 0.413. The van der Waals surface area contributed by atoms with Crippen LogP contribution in [-0.4, -0.2) is 85.7 Å². The Labute approximate surface area is 341 Å². The number of pyridine rings is 2. The van der Waals surface area contributed by atoms with E-state index >= 15 is 0 Å². The van der Waals surface area contributed by atoms with Crippen LogP contribution in [0.1, 0.15) is 91.3 Å². The van der Waals surface area contributed by atoms with Gasteiger partial charge in [0.2, 0.25) is 23.6 Å². The molecule has 11 rings (SSSR count). The summed E-state index contributed by atoms with van der Waals surface area (Å²) >= 11 is 0. The van der Waals surface area contributed by atoms with Crippen LogP contribution in [0.25, 0.3) is 32.9 Å². The smallest absolute Gasteiger partial charge is 0.262 e. The molecule has 5 amide bonds. The second-order valence-corrected chi connectivity index (χ2v) is 17.4. The monoisotopic (exact) mass is 794 g/mol. The van der Waals surface area contributed by atoms with Gasteiger partial charge < -0.3 is 18.9 Å². The summed E-state index contributed by atoms with van der Waals surface area (Å²) in [5.74, 6) is -0.696. The van der Waals surface area contributed by atoms with Crippen molar-refractivity contribution >= 4 is 51.3 Å². The number of nitrogens with zero attached hydrogens (tertiary/aromatic N) is 5. The average Bonchev–Trinajstić information content (AvgIpc) is 3.62. The summed E-state index contributed by atoms with van der Waals surface area (Å²) in [4.78, 5) is 75.1. The minimum absolute atomic E-state index is 0.0362. The van der Waals surface area contributed by atoms with Gasteiger partial charge in [0.1, 0.15) is 17.9 Å². The maximum Gasteiger partial charge on any atom is 0.262 e. The molecule has 5 fully saturated rings. The molecule has 6 heterocycles. The van der Waals surface area contributed by atoms with Gasteiger partial charge >= 0.3 is 0 Å². The molecule has 3 saturated carbocycles. The molecule has 2 aromatic carbocycles. The molecule has 3 aliphatic heterocycles. The van der Waals surface area contributed by atoms with Crippen molar-refractivity contribution < 1.29 is 33.4 Å². The number of hydrogen-bond donors (Lipinski definition) is 1. The Morgan fingerprint density at radius 2 is 1.61 bits per heavy atom. The number of benzene rings is 2. The lowest BCUT2D eigenvalue weighted by atomic mass is 9.33. The SMILES string of the molecule is Cn1c2ccncc2c2ccc(-c3ccc(OC4CN(C(=O)C56CC(CCCCCCCOc7ccc8c(c7)C(=O)N(C7CCC(=O)NC7=O)C8=O)(C5)C6)C4)nc3)cc21. The van der Waals surface area contributed by atoms with Gasteiger partial charge in [0.05, 0.1) is 41.8 Å². The zero-order valence-corrected chi connectivity index (χ0v) is 33.1. The van der Waals surface area contributed by atoms with Crippen molar-refractivity contribution in [1.29, 1.82) is 0 Å². The second-order valence-electron chi connectivity index (χ2n) is 17.4. The summed E-state index contributed by atoms with van der Waals surface area (Å²) < 4.78 is 14.3. The predicted molar refractivity (Wildman–Crippen MR) is 217 cm³/mol. The lowest BCUT2D eigenvalue weighted by Gasteiger charge is -2.71. The molecule has 1 atom stereocenters. The Balaban J connectivity index is 0.609. The van der Waals surface area contributed by atoms with E-state index in [1.165, 1.54) is 11.8 Å². The molecule has 1 N–H and O–H groups in total. The van der Waals surface area contributed by atoms with Crippen molar-refractivity contribution in [3.63, 3.8) is 0 Å². The number of imide groups is 2. The molecule has 0 spiro atoms. The van der Waals surface area contributed by atoms with E-state index in [1.54, 1.807) is 18.2 Å². The Morgan fingerprint density at radius 3 is 2.41 bits per heavy atom. The third kappa shape index (κ3) is 6.42. The highest BCUT2D eigenvalue weighted by Gasteiger charge is 2.71. The summed E-state index contributed by atoms with van der Waals surface area (Å²) in [5.41, 5.74) is 5.08. The van der Waals surface area contributed by atoms with Gasteiger partial charge in [-0.25, -0.2) is 4.98 Å². The number of aromatic nitrogens is 3. The number of carbonyl (C=O) groups excluding carboxylic acids is 5. The van der Waals surface area contributed by atoms with Gasteiger partial charge in [-0.1, -0.05) is 37.8 Å². The topological polar surface area (TPSA) is 153 Å². The third-order valence-corrected chi connectivity index (χ3v) is 13.4. The minimum atomic E-state index is -0.985. The van der Waals surface area contributed by atoms with Gasteiger partial charge in [-0.3, -0.25) is 39.2 Å². The molecular formula is C46H46N6O7. The van der Waals surface area contributed by atoms with Gasteiger partial charge in [0.15, 0.2) is 0 Å². The first-order valence-corrected chi connectivity index (χ1v) is 20.8. The van der Waals surface area contributed by atoms with E-state index in [0.717, 1.165) is 83.8 Å². The highest BCUT2D eigenvalue weighted by molar-refractivity contribution is 6.23. The molecule has 2 saturated heterocycles. The van der Waals surface area contributed by atoms with Crippen molar-refractivity contribution in [2.75, 3.05) is 19.7 Å². The minimum Gasteiger partial charge on any atom is -0.494 e. The Morgan fingerprint density at radius 1 is 0.831 bits per heavy atom. The molecule has 6 aliphatic rings. The van der Waals surface area contributed by atoms with Crippen LogP contribution in [0.15, 0.2) is 73.2 Å². The van der Waals surface area contributed by atoms with E-state index in [0.29, 0.717) is 42.6 Å². The number of rotatable bonds is 14. The van der Waals surface area contributed by atoms with E-state index in [2.05, 4.69) is 45.1 Å². The van der Waals surface area contributed by atoms with Crippen molar-refractivity contribution in [2.24, 2.45) is 17.9 Å². The number of amides is 5. The van der Waals surface area contributed by atoms with Crippen LogP contribution in [0, 0.1) is 10.8 Å². The molecular weight excluding hydrogens is 749 g/mol. The van der Waals surface area contributed by atoms with E-state index < -0.39 is 29.7 Å². The van der Waals surface area contributed by atoms with Gasteiger partial charge in [-0.2, -0.15) is 0 Å². The lowest BCUT2D eigenvalue weighted by Crippen LogP contribution is -2.71. The number of fused-ring (bicyclic) bond motifs is 4. The van der Waals surface area contributed by atoms with Crippen LogP contribution < -0.4 is 14.8 Å². The average molecular weight is 795 g/mol. The van der Waals surface area contributed by atoms with Crippen LogP contribution in [-0.2, 0) is 21.4 Å². The van der Waals surface area contributed by atoms with Gasteiger partial charge in [-0.05, 0) is 85.9 Å². The Kier molecular flexibility index (Phi) is 9.02. The van der Waals surface area contributed by atoms with Crippen molar-refractivity contribution in [1.82, 2.24) is 29.7 Å².